The molecule has 1 aliphatic carbocycles. The topological polar surface area (TPSA) is 214 Å². The van der Waals surface area contributed by atoms with Gasteiger partial charge < -0.3 is 59.1 Å². The van der Waals surface area contributed by atoms with Gasteiger partial charge in [0.1, 0.15) is 42.4 Å². The number of fused-ring (bicyclic) bond motifs is 5. The van der Waals surface area contributed by atoms with Crippen LogP contribution in [0.15, 0.2) is 47.7 Å². The van der Waals surface area contributed by atoms with Crippen molar-refractivity contribution in [3.63, 3.8) is 0 Å². The van der Waals surface area contributed by atoms with Gasteiger partial charge in [-0.25, -0.2) is 9.59 Å². The first kappa shape index (κ1) is 27.1. The molecule has 0 aromatic heterocycles. The van der Waals surface area contributed by atoms with Gasteiger partial charge in [-0.1, -0.05) is 12.1 Å². The summed E-state index contributed by atoms with van der Waals surface area (Å²) in [4.78, 5) is 25.8. The van der Waals surface area contributed by atoms with Gasteiger partial charge in [0.25, 0.3) is 0 Å². The van der Waals surface area contributed by atoms with Crippen LogP contribution < -0.4 is 0 Å². The summed E-state index contributed by atoms with van der Waals surface area (Å²) in [7, 11) is 1.19. The predicted octanol–water partition coefficient (Wildman–Crippen LogP) is -2.11. The molecule has 0 radical (unpaired) electrons. The van der Waals surface area contributed by atoms with Crippen molar-refractivity contribution >= 4 is 11.9 Å². The number of hydrogen-bond donors (Lipinski definition) is 6. The fourth-order valence-corrected chi connectivity index (χ4v) is 6.10. The summed E-state index contributed by atoms with van der Waals surface area (Å²) in [6.45, 7) is -0.685. The van der Waals surface area contributed by atoms with Crippen LogP contribution in [0.1, 0.15) is 11.7 Å². The summed E-state index contributed by atoms with van der Waals surface area (Å²) in [5.74, 6) is -3.34. The van der Waals surface area contributed by atoms with Gasteiger partial charge in [-0.3, -0.25) is 0 Å². The Morgan fingerprint density at radius 3 is 2.48 bits per heavy atom. The average molecular weight is 564 g/mol. The number of ether oxygens (including phenoxy) is 6. The number of aliphatic hydroxyl groups is 5. The molecule has 216 valence electrons. The van der Waals surface area contributed by atoms with Gasteiger partial charge >= 0.3 is 11.9 Å². The molecule has 0 amide bonds. The Hall–Kier alpha value is -3.08. The van der Waals surface area contributed by atoms with Gasteiger partial charge in [-0.15, -0.1) is 0 Å². The van der Waals surface area contributed by atoms with Gasteiger partial charge in [0, 0.05) is 5.92 Å². The van der Waals surface area contributed by atoms with Crippen LogP contribution in [0.25, 0.3) is 0 Å². The summed E-state index contributed by atoms with van der Waals surface area (Å²) in [6, 6.07) is 5.60. The Morgan fingerprint density at radius 1 is 1.07 bits per heavy atom. The number of benzene rings is 1. The predicted molar refractivity (Wildman–Crippen MR) is 125 cm³/mol. The Balaban J connectivity index is 1.36. The summed E-state index contributed by atoms with van der Waals surface area (Å²) in [5.41, 5.74) is -1.29. The van der Waals surface area contributed by atoms with Crippen LogP contribution in [-0.2, 0) is 38.0 Å². The lowest BCUT2D eigenvalue weighted by Crippen LogP contribution is -2.61. The quantitative estimate of drug-likeness (QED) is 0.161. The molecule has 14 nitrogen and oxygen atoms in total. The first-order chi connectivity index (χ1) is 19.1. The fraction of sp³-hybridized carbons (Fsp3) is 0.538. The maximum absolute atomic E-state index is 13.1. The number of aromatic hydroxyl groups is 1. The van der Waals surface area contributed by atoms with Crippen molar-refractivity contribution in [1.82, 2.24) is 0 Å². The largest absolute Gasteiger partial charge is 0.508 e. The lowest BCUT2D eigenvalue weighted by Gasteiger charge is -2.45. The second-order valence-corrected chi connectivity index (χ2v) is 10.3. The standard InChI is InChI=1S/C26H28O14/c1-35-22(33)12-8-36-24(39-25-19(32)18(31)17(30)13(7-27)37-25)15-14(12)20-21(38-20)26(15)6-11(23(34)40-26)16(29)9-2-4-10(28)5-3-9/h2-6,8,13-21,24-25,27-32H,7H2,1H3/t13-,14-,15-,16+,17-,18+,19-,20+,21+,24+,25+,26-/m1/s1. The number of aliphatic hydroxyl groups excluding tert-OH is 5. The normalized spacial score (nSPS) is 42.2. The first-order valence-corrected chi connectivity index (χ1v) is 12.6. The van der Waals surface area contributed by atoms with Crippen molar-refractivity contribution in [1.29, 1.82) is 0 Å². The molecule has 0 bridgehead atoms. The molecule has 2 saturated heterocycles. The van der Waals surface area contributed by atoms with Gasteiger partial charge in [0.05, 0.1) is 43.1 Å². The maximum Gasteiger partial charge on any atom is 0.337 e. The molecule has 5 aliphatic rings. The summed E-state index contributed by atoms with van der Waals surface area (Å²) >= 11 is 0. The maximum atomic E-state index is 13.1. The lowest BCUT2D eigenvalue weighted by atomic mass is 9.78. The van der Waals surface area contributed by atoms with Crippen molar-refractivity contribution in [3.8, 4) is 5.75 Å². The first-order valence-electron chi connectivity index (χ1n) is 12.6. The number of hydrogen-bond acceptors (Lipinski definition) is 14. The van der Waals surface area contributed by atoms with E-state index in [9.17, 15) is 40.2 Å². The Morgan fingerprint density at radius 2 is 1.80 bits per heavy atom. The highest BCUT2D eigenvalue weighted by Crippen LogP contribution is 2.63. The molecule has 1 aromatic rings. The van der Waals surface area contributed by atoms with Crippen molar-refractivity contribution in [2.45, 2.75) is 60.9 Å². The number of methoxy groups -OCH3 is 1. The SMILES string of the molecule is COC(=O)C1=CO[C@@H](O[C@@H]2O[C@H](CO)[C@@H](O)[C@H](O)[C@H]2O)[C@H]2[C@@H]1[C@@H]1O[C@@H]1[C@@]21C=C([C@@H](O)c2ccc(O)cc2)C(=O)O1. The molecule has 6 rings (SSSR count). The Bertz CT molecular complexity index is 1240. The van der Waals surface area contributed by atoms with Crippen LogP contribution in [-0.4, -0.2) is 111 Å². The highest BCUT2D eigenvalue weighted by molar-refractivity contribution is 5.94. The number of phenols is 1. The molecule has 0 unspecified atom stereocenters. The molecule has 1 aromatic carbocycles. The molecule has 1 spiro atoms. The minimum atomic E-state index is -1.75. The lowest BCUT2D eigenvalue weighted by molar-refractivity contribution is -0.347. The number of carbonyl (C=O) groups is 2. The molecule has 4 heterocycles. The average Bonchev–Trinajstić information content (AvgIpc) is 3.62. The van der Waals surface area contributed by atoms with E-state index >= 15 is 0 Å². The number of rotatable bonds is 6. The molecular weight excluding hydrogens is 536 g/mol. The minimum absolute atomic E-state index is 0.0297. The third-order valence-corrected chi connectivity index (χ3v) is 8.14. The van der Waals surface area contributed by atoms with E-state index < -0.39 is 91.3 Å². The van der Waals surface area contributed by atoms with Gasteiger partial charge in [-0.2, -0.15) is 0 Å². The van der Waals surface area contributed by atoms with Crippen LogP contribution in [0.5, 0.6) is 5.75 Å². The Kier molecular flexibility index (Phi) is 6.63. The summed E-state index contributed by atoms with van der Waals surface area (Å²) in [5, 5.41) is 61.0. The highest BCUT2D eigenvalue weighted by Gasteiger charge is 2.78. The summed E-state index contributed by atoms with van der Waals surface area (Å²) < 4.78 is 33.7. The van der Waals surface area contributed by atoms with E-state index in [0.29, 0.717) is 5.56 Å². The molecule has 4 aliphatic heterocycles. The third-order valence-electron chi connectivity index (χ3n) is 8.14. The molecule has 3 fully saturated rings. The van der Waals surface area contributed by atoms with E-state index in [1.54, 1.807) is 0 Å². The number of phenolic OH excluding ortho intramolecular Hbond substituents is 1. The van der Waals surface area contributed by atoms with Crippen LogP contribution in [0.2, 0.25) is 0 Å². The smallest absolute Gasteiger partial charge is 0.337 e. The van der Waals surface area contributed by atoms with Crippen LogP contribution >= 0.6 is 0 Å². The minimum Gasteiger partial charge on any atom is -0.508 e. The van der Waals surface area contributed by atoms with E-state index in [1.165, 1.54) is 37.5 Å². The van der Waals surface area contributed by atoms with E-state index in [0.717, 1.165) is 6.26 Å². The van der Waals surface area contributed by atoms with E-state index in [4.69, 9.17) is 28.4 Å². The van der Waals surface area contributed by atoms with Crippen molar-refractivity contribution in [3.05, 3.63) is 53.3 Å². The van der Waals surface area contributed by atoms with Gasteiger partial charge in [-0.05, 0) is 23.8 Å². The van der Waals surface area contributed by atoms with E-state index in [2.05, 4.69) is 0 Å². The molecule has 1 saturated carbocycles. The number of epoxide rings is 1. The zero-order valence-corrected chi connectivity index (χ0v) is 21.0. The number of esters is 2. The van der Waals surface area contributed by atoms with E-state index in [1.807, 2.05) is 0 Å². The summed E-state index contributed by atoms with van der Waals surface area (Å²) in [6.07, 6.45) is -9.54. The van der Waals surface area contributed by atoms with Crippen molar-refractivity contribution in [2.24, 2.45) is 11.8 Å². The van der Waals surface area contributed by atoms with Gasteiger partial charge in [0.2, 0.25) is 6.29 Å². The second kappa shape index (κ2) is 9.78. The van der Waals surface area contributed by atoms with Crippen molar-refractivity contribution < 1.29 is 68.6 Å². The molecule has 14 heteroatoms. The number of carbonyl (C=O) groups excluding carboxylic acids is 2. The zero-order valence-electron chi connectivity index (χ0n) is 21.0. The van der Waals surface area contributed by atoms with Crippen LogP contribution in [0, 0.1) is 11.8 Å². The monoisotopic (exact) mass is 564 g/mol. The van der Waals surface area contributed by atoms with Crippen LogP contribution in [0.4, 0.5) is 0 Å². The fourth-order valence-electron chi connectivity index (χ4n) is 6.10. The second-order valence-electron chi connectivity index (χ2n) is 10.3. The molecular formula is C26H28O14. The zero-order chi connectivity index (χ0) is 28.5. The molecule has 40 heavy (non-hydrogen) atoms. The Labute approximate surface area is 226 Å². The molecule has 6 N–H and O–H groups in total. The molecule has 12 atom stereocenters. The van der Waals surface area contributed by atoms with Gasteiger partial charge in [0.15, 0.2) is 11.9 Å². The van der Waals surface area contributed by atoms with E-state index in [-0.39, 0.29) is 16.9 Å². The third kappa shape index (κ3) is 4.02. The highest BCUT2D eigenvalue weighted by atomic mass is 16.8. The van der Waals surface area contributed by atoms with Crippen LogP contribution in [0.3, 0.4) is 0 Å². The van der Waals surface area contributed by atoms with Crippen molar-refractivity contribution in [2.75, 3.05) is 13.7 Å².